The van der Waals surface area contributed by atoms with Gasteiger partial charge in [0, 0.05) is 24.2 Å². The van der Waals surface area contributed by atoms with Crippen molar-refractivity contribution in [2.24, 2.45) is 0 Å². The first-order valence-electron chi connectivity index (χ1n) is 6.24. The molecule has 1 saturated carbocycles. The second-order valence-electron chi connectivity index (χ2n) is 4.63. The van der Waals surface area contributed by atoms with Crippen molar-refractivity contribution in [1.29, 1.82) is 0 Å². The highest BCUT2D eigenvalue weighted by Gasteiger charge is 2.26. The van der Waals surface area contributed by atoms with E-state index >= 15 is 0 Å². The average Bonchev–Trinajstić information content (AvgIpc) is 3.23. The van der Waals surface area contributed by atoms with Gasteiger partial charge >= 0.3 is 0 Å². The lowest BCUT2D eigenvalue weighted by molar-refractivity contribution is 0.560. The summed E-state index contributed by atoms with van der Waals surface area (Å²) >= 11 is 0. The van der Waals surface area contributed by atoms with Crippen molar-refractivity contribution in [1.82, 2.24) is 9.97 Å². The van der Waals surface area contributed by atoms with Gasteiger partial charge in [-0.05, 0) is 31.0 Å². The molecule has 1 aliphatic rings. The summed E-state index contributed by atoms with van der Waals surface area (Å²) < 4.78 is 26.9. The fourth-order valence-electron chi connectivity index (χ4n) is 1.89. The van der Waals surface area contributed by atoms with E-state index in [1.165, 1.54) is 18.2 Å². The highest BCUT2D eigenvalue weighted by atomic mass is 19.1. The maximum atomic E-state index is 13.5. The molecule has 2 aromatic rings. The molecule has 0 radical (unpaired) electrons. The van der Waals surface area contributed by atoms with Gasteiger partial charge in [-0.1, -0.05) is 6.07 Å². The molecular formula is C14H13F2N3. The maximum absolute atomic E-state index is 13.5. The van der Waals surface area contributed by atoms with Gasteiger partial charge in [-0.2, -0.15) is 0 Å². The van der Waals surface area contributed by atoms with E-state index in [4.69, 9.17) is 0 Å². The van der Waals surface area contributed by atoms with Crippen LogP contribution in [0.4, 0.5) is 14.6 Å². The Kier molecular flexibility index (Phi) is 3.11. The van der Waals surface area contributed by atoms with Gasteiger partial charge in [0.25, 0.3) is 0 Å². The minimum atomic E-state index is -0.552. The Morgan fingerprint density at radius 3 is 2.58 bits per heavy atom. The molecule has 98 valence electrons. The molecule has 0 spiro atoms. The number of benzene rings is 1. The van der Waals surface area contributed by atoms with Gasteiger partial charge < -0.3 is 5.32 Å². The molecule has 0 aliphatic heterocycles. The largest absolute Gasteiger partial charge is 0.366 e. The summed E-state index contributed by atoms with van der Waals surface area (Å²) in [6.45, 7) is 0.0691. The number of nitrogens with zero attached hydrogens (tertiary/aromatic N) is 2. The Morgan fingerprint density at radius 2 is 1.89 bits per heavy atom. The zero-order valence-electron chi connectivity index (χ0n) is 10.2. The Bertz CT molecular complexity index is 577. The molecule has 1 N–H and O–H groups in total. The van der Waals surface area contributed by atoms with E-state index in [2.05, 4.69) is 15.3 Å². The van der Waals surface area contributed by atoms with Crippen LogP contribution >= 0.6 is 0 Å². The number of rotatable bonds is 4. The lowest BCUT2D eigenvalue weighted by Crippen LogP contribution is -2.07. The average molecular weight is 261 g/mol. The van der Waals surface area contributed by atoms with Crippen LogP contribution in [0.5, 0.6) is 0 Å². The van der Waals surface area contributed by atoms with Crippen molar-refractivity contribution in [3.8, 4) is 0 Å². The summed E-state index contributed by atoms with van der Waals surface area (Å²) in [5.74, 6) is 0.749. The summed E-state index contributed by atoms with van der Waals surface area (Å²) in [4.78, 5) is 8.53. The molecular weight excluding hydrogens is 248 g/mol. The van der Waals surface area contributed by atoms with Crippen LogP contribution in [0.25, 0.3) is 0 Å². The molecule has 1 heterocycles. The van der Waals surface area contributed by atoms with Crippen molar-refractivity contribution in [3.63, 3.8) is 0 Å². The molecule has 0 unspecified atom stereocenters. The van der Waals surface area contributed by atoms with E-state index in [0.29, 0.717) is 11.7 Å². The fourth-order valence-corrected chi connectivity index (χ4v) is 1.89. The number of nitrogens with one attached hydrogen (secondary N) is 1. The summed E-state index contributed by atoms with van der Waals surface area (Å²) in [5.41, 5.74) is 0.0223. The fraction of sp³-hybridized carbons (Fsp3) is 0.286. The van der Waals surface area contributed by atoms with Crippen LogP contribution < -0.4 is 5.32 Å². The Balaban J connectivity index is 1.73. The Hall–Kier alpha value is -2.04. The second kappa shape index (κ2) is 4.91. The normalized spacial score (nSPS) is 14.4. The summed E-state index contributed by atoms with van der Waals surface area (Å²) in [7, 11) is 0. The number of hydrogen-bond donors (Lipinski definition) is 1. The molecule has 1 fully saturated rings. The molecule has 1 aliphatic carbocycles. The van der Waals surface area contributed by atoms with Crippen molar-refractivity contribution in [3.05, 3.63) is 53.5 Å². The SMILES string of the molecule is Fc1cccc(F)c1CNc1ccnc(C2CC2)n1. The number of hydrogen-bond acceptors (Lipinski definition) is 3. The summed E-state index contributed by atoms with van der Waals surface area (Å²) in [6, 6.07) is 5.54. The molecule has 0 amide bonds. The molecule has 3 nitrogen and oxygen atoms in total. The topological polar surface area (TPSA) is 37.8 Å². The molecule has 0 saturated heterocycles. The predicted octanol–water partition coefficient (Wildman–Crippen LogP) is 3.24. The standard InChI is InChI=1S/C14H13F2N3/c15-11-2-1-3-12(16)10(11)8-18-13-6-7-17-14(19-13)9-4-5-9/h1-3,6-7,9H,4-5,8H2,(H,17,18,19). The first-order chi connectivity index (χ1) is 9.24. The van der Waals surface area contributed by atoms with Crippen LogP contribution in [0, 0.1) is 11.6 Å². The monoisotopic (exact) mass is 261 g/mol. The van der Waals surface area contributed by atoms with Gasteiger partial charge in [0.1, 0.15) is 23.3 Å². The van der Waals surface area contributed by atoms with E-state index in [9.17, 15) is 8.78 Å². The van der Waals surface area contributed by atoms with Crippen LogP contribution in [-0.4, -0.2) is 9.97 Å². The Morgan fingerprint density at radius 1 is 1.16 bits per heavy atom. The van der Waals surface area contributed by atoms with Crippen molar-refractivity contribution in [2.75, 3.05) is 5.32 Å². The zero-order valence-corrected chi connectivity index (χ0v) is 10.2. The van der Waals surface area contributed by atoms with Gasteiger partial charge in [-0.3, -0.25) is 0 Å². The number of aromatic nitrogens is 2. The molecule has 1 aromatic carbocycles. The lowest BCUT2D eigenvalue weighted by atomic mass is 10.2. The van der Waals surface area contributed by atoms with Crippen molar-refractivity contribution < 1.29 is 8.78 Å². The third-order valence-electron chi connectivity index (χ3n) is 3.12. The lowest BCUT2D eigenvalue weighted by Gasteiger charge is -2.08. The van der Waals surface area contributed by atoms with Gasteiger partial charge in [-0.15, -0.1) is 0 Å². The molecule has 0 atom stereocenters. The van der Waals surface area contributed by atoms with E-state index in [0.717, 1.165) is 18.7 Å². The first kappa shape index (κ1) is 12.0. The van der Waals surface area contributed by atoms with E-state index < -0.39 is 11.6 Å². The Labute approximate surface area is 109 Å². The molecule has 1 aromatic heterocycles. The first-order valence-corrected chi connectivity index (χ1v) is 6.24. The quantitative estimate of drug-likeness (QED) is 0.918. The van der Waals surface area contributed by atoms with E-state index in [-0.39, 0.29) is 12.1 Å². The molecule has 0 bridgehead atoms. The van der Waals surface area contributed by atoms with E-state index in [1.54, 1.807) is 12.3 Å². The highest BCUT2D eigenvalue weighted by molar-refractivity contribution is 5.36. The second-order valence-corrected chi connectivity index (χ2v) is 4.63. The summed E-state index contributed by atoms with van der Waals surface area (Å²) in [6.07, 6.45) is 3.90. The zero-order chi connectivity index (χ0) is 13.2. The highest BCUT2D eigenvalue weighted by Crippen LogP contribution is 2.38. The van der Waals surface area contributed by atoms with Crippen LogP contribution in [0.15, 0.2) is 30.5 Å². The van der Waals surface area contributed by atoms with Gasteiger partial charge in [0.05, 0.1) is 0 Å². The molecule has 19 heavy (non-hydrogen) atoms. The number of anilines is 1. The third kappa shape index (κ3) is 2.70. The molecule has 5 heteroatoms. The minimum absolute atomic E-state index is 0.0223. The summed E-state index contributed by atoms with van der Waals surface area (Å²) in [5, 5.41) is 2.93. The van der Waals surface area contributed by atoms with Crippen LogP contribution in [0.3, 0.4) is 0 Å². The van der Waals surface area contributed by atoms with Gasteiger partial charge in [0.15, 0.2) is 0 Å². The molecule has 3 rings (SSSR count). The smallest absolute Gasteiger partial charge is 0.133 e. The van der Waals surface area contributed by atoms with Crippen LogP contribution in [0.2, 0.25) is 0 Å². The minimum Gasteiger partial charge on any atom is -0.366 e. The van der Waals surface area contributed by atoms with Crippen LogP contribution in [0.1, 0.15) is 30.1 Å². The number of halogens is 2. The van der Waals surface area contributed by atoms with Crippen molar-refractivity contribution >= 4 is 5.82 Å². The van der Waals surface area contributed by atoms with Gasteiger partial charge in [-0.25, -0.2) is 18.7 Å². The maximum Gasteiger partial charge on any atom is 0.133 e. The third-order valence-corrected chi connectivity index (χ3v) is 3.12. The van der Waals surface area contributed by atoms with Crippen molar-refractivity contribution in [2.45, 2.75) is 25.3 Å². The predicted molar refractivity (Wildman–Crippen MR) is 67.7 cm³/mol. The van der Waals surface area contributed by atoms with Gasteiger partial charge in [0.2, 0.25) is 0 Å². The van der Waals surface area contributed by atoms with Crippen LogP contribution in [-0.2, 0) is 6.54 Å². The van der Waals surface area contributed by atoms with E-state index in [1.807, 2.05) is 0 Å².